The molecule has 1 N–H and O–H groups in total. The maximum Gasteiger partial charge on any atom is 0.340 e. The van der Waals surface area contributed by atoms with Gasteiger partial charge in [0.25, 0.3) is 0 Å². The van der Waals surface area contributed by atoms with Gasteiger partial charge in [-0.25, -0.2) is 9.59 Å². The minimum atomic E-state index is -1.01. The third kappa shape index (κ3) is 2.30. The quantitative estimate of drug-likeness (QED) is 0.658. The van der Waals surface area contributed by atoms with Gasteiger partial charge in [0.1, 0.15) is 0 Å². The van der Waals surface area contributed by atoms with Crippen molar-refractivity contribution in [3.8, 4) is 0 Å². The van der Waals surface area contributed by atoms with Crippen LogP contribution in [0.1, 0.15) is 34.2 Å². The standard InChI is InChI=1S/C13H17NO4/c1-7(12(15)16)6-10-8(2)14(4)9(3)11(10)13(17)18-5/h6H,1-5H3,(H,15,16)/b7-6+. The molecule has 0 fully saturated rings. The number of aliphatic carboxylic acids is 1. The van der Waals surface area contributed by atoms with E-state index < -0.39 is 11.9 Å². The van der Waals surface area contributed by atoms with E-state index in [0.29, 0.717) is 11.1 Å². The van der Waals surface area contributed by atoms with Crippen molar-refractivity contribution in [2.75, 3.05) is 7.11 Å². The van der Waals surface area contributed by atoms with Crippen molar-refractivity contribution in [3.05, 3.63) is 28.1 Å². The third-order valence-corrected chi connectivity index (χ3v) is 3.11. The van der Waals surface area contributed by atoms with Gasteiger partial charge in [0, 0.05) is 29.6 Å². The van der Waals surface area contributed by atoms with Gasteiger partial charge in [0.05, 0.1) is 12.7 Å². The zero-order valence-corrected chi connectivity index (χ0v) is 11.2. The highest BCUT2D eigenvalue weighted by Crippen LogP contribution is 2.24. The second-order valence-electron chi connectivity index (χ2n) is 4.14. The molecule has 1 heterocycles. The molecular formula is C13H17NO4. The average Bonchev–Trinajstić information content (AvgIpc) is 2.53. The fourth-order valence-corrected chi connectivity index (χ4v) is 1.79. The van der Waals surface area contributed by atoms with Crippen LogP contribution >= 0.6 is 0 Å². The van der Waals surface area contributed by atoms with Crippen molar-refractivity contribution < 1.29 is 19.4 Å². The Labute approximate surface area is 106 Å². The van der Waals surface area contributed by atoms with Crippen molar-refractivity contribution in [3.63, 3.8) is 0 Å². The Morgan fingerprint density at radius 3 is 2.28 bits per heavy atom. The van der Waals surface area contributed by atoms with Gasteiger partial charge < -0.3 is 14.4 Å². The van der Waals surface area contributed by atoms with Gasteiger partial charge in [0.2, 0.25) is 0 Å². The number of hydrogen-bond acceptors (Lipinski definition) is 3. The molecule has 1 aromatic rings. The van der Waals surface area contributed by atoms with E-state index in [0.717, 1.165) is 11.4 Å². The number of methoxy groups -OCH3 is 1. The molecule has 0 spiro atoms. The van der Waals surface area contributed by atoms with E-state index in [1.807, 2.05) is 18.5 Å². The van der Waals surface area contributed by atoms with Crippen molar-refractivity contribution in [1.29, 1.82) is 0 Å². The SMILES string of the molecule is COC(=O)c1c(/C=C(\C)C(=O)O)c(C)n(C)c1C. The van der Waals surface area contributed by atoms with Crippen LogP contribution in [0.25, 0.3) is 6.08 Å². The summed E-state index contributed by atoms with van der Waals surface area (Å²) < 4.78 is 6.58. The smallest absolute Gasteiger partial charge is 0.340 e. The van der Waals surface area contributed by atoms with E-state index in [1.165, 1.54) is 20.1 Å². The average molecular weight is 251 g/mol. The van der Waals surface area contributed by atoms with Gasteiger partial charge in [-0.1, -0.05) is 0 Å². The van der Waals surface area contributed by atoms with Crippen LogP contribution in [0.3, 0.4) is 0 Å². The summed E-state index contributed by atoms with van der Waals surface area (Å²) in [5, 5.41) is 8.91. The molecule has 5 nitrogen and oxygen atoms in total. The van der Waals surface area contributed by atoms with Crippen molar-refractivity contribution in [2.24, 2.45) is 7.05 Å². The van der Waals surface area contributed by atoms with Crippen LogP contribution in [-0.2, 0) is 16.6 Å². The molecular weight excluding hydrogens is 234 g/mol. The maximum atomic E-state index is 11.8. The molecule has 0 radical (unpaired) electrons. The molecule has 0 atom stereocenters. The summed E-state index contributed by atoms with van der Waals surface area (Å²) in [6.45, 7) is 5.12. The fourth-order valence-electron chi connectivity index (χ4n) is 1.79. The number of hydrogen-bond donors (Lipinski definition) is 1. The molecule has 5 heteroatoms. The summed E-state index contributed by atoms with van der Waals surface area (Å²) in [4.78, 5) is 22.6. The first kappa shape index (κ1) is 14.0. The van der Waals surface area contributed by atoms with Crippen LogP contribution in [-0.4, -0.2) is 28.7 Å². The monoisotopic (exact) mass is 251 g/mol. The summed E-state index contributed by atoms with van der Waals surface area (Å²) in [6.07, 6.45) is 1.50. The number of esters is 1. The first-order chi connectivity index (χ1) is 8.31. The highest BCUT2D eigenvalue weighted by Gasteiger charge is 2.21. The van der Waals surface area contributed by atoms with E-state index >= 15 is 0 Å². The molecule has 0 unspecified atom stereocenters. The van der Waals surface area contributed by atoms with Gasteiger partial charge in [-0.05, 0) is 26.8 Å². The van der Waals surface area contributed by atoms with Gasteiger partial charge in [0.15, 0.2) is 0 Å². The molecule has 0 aromatic carbocycles. The zero-order valence-electron chi connectivity index (χ0n) is 11.2. The van der Waals surface area contributed by atoms with Gasteiger partial charge in [-0.3, -0.25) is 0 Å². The Bertz CT molecular complexity index is 538. The number of carbonyl (C=O) groups is 2. The highest BCUT2D eigenvalue weighted by atomic mass is 16.5. The molecule has 1 aromatic heterocycles. The summed E-state index contributed by atoms with van der Waals surface area (Å²) in [5.74, 6) is -1.47. The van der Waals surface area contributed by atoms with E-state index in [9.17, 15) is 9.59 Å². The minimum absolute atomic E-state index is 0.175. The lowest BCUT2D eigenvalue weighted by Crippen LogP contribution is -2.05. The summed E-state index contributed by atoms with van der Waals surface area (Å²) in [6, 6.07) is 0. The number of carboxylic acid groups (broad SMARTS) is 1. The molecule has 0 saturated carbocycles. The second-order valence-corrected chi connectivity index (χ2v) is 4.14. The van der Waals surface area contributed by atoms with Crippen LogP contribution < -0.4 is 0 Å². The Hall–Kier alpha value is -2.04. The molecule has 98 valence electrons. The molecule has 1 rings (SSSR count). The first-order valence-electron chi connectivity index (χ1n) is 5.47. The first-order valence-corrected chi connectivity index (χ1v) is 5.47. The van der Waals surface area contributed by atoms with E-state index in [-0.39, 0.29) is 5.57 Å². The van der Waals surface area contributed by atoms with Crippen molar-refractivity contribution in [2.45, 2.75) is 20.8 Å². The van der Waals surface area contributed by atoms with E-state index in [4.69, 9.17) is 9.84 Å². The molecule has 0 saturated heterocycles. The summed E-state index contributed by atoms with van der Waals surface area (Å²) in [7, 11) is 3.13. The predicted molar refractivity (Wildman–Crippen MR) is 67.5 cm³/mol. The number of carbonyl (C=O) groups excluding carboxylic acids is 1. The minimum Gasteiger partial charge on any atom is -0.478 e. The highest BCUT2D eigenvalue weighted by molar-refractivity contribution is 5.99. The van der Waals surface area contributed by atoms with Crippen LogP contribution in [0, 0.1) is 13.8 Å². The third-order valence-electron chi connectivity index (χ3n) is 3.11. The molecule has 0 aliphatic rings. The normalized spacial score (nSPS) is 11.5. The predicted octanol–water partition coefficient (Wildman–Crippen LogP) is 1.92. The summed E-state index contributed by atoms with van der Waals surface area (Å²) >= 11 is 0. The number of nitrogens with zero attached hydrogens (tertiary/aromatic N) is 1. The van der Waals surface area contributed by atoms with Crippen molar-refractivity contribution >= 4 is 18.0 Å². The maximum absolute atomic E-state index is 11.8. The Kier molecular flexibility index (Phi) is 3.96. The second kappa shape index (κ2) is 5.08. The number of ether oxygens (including phenoxy) is 1. The summed E-state index contributed by atoms with van der Waals surface area (Å²) in [5.41, 5.74) is 2.77. The molecule has 0 bridgehead atoms. The van der Waals surface area contributed by atoms with Crippen LogP contribution in [0.4, 0.5) is 0 Å². The Morgan fingerprint density at radius 2 is 1.83 bits per heavy atom. The van der Waals surface area contributed by atoms with Gasteiger partial charge in [-0.15, -0.1) is 0 Å². The Morgan fingerprint density at radius 1 is 1.28 bits per heavy atom. The lowest BCUT2D eigenvalue weighted by Gasteiger charge is -2.01. The number of rotatable bonds is 3. The lowest BCUT2D eigenvalue weighted by atomic mass is 10.1. The fraction of sp³-hybridized carbons (Fsp3) is 0.385. The molecule has 0 aliphatic carbocycles. The lowest BCUT2D eigenvalue weighted by molar-refractivity contribution is -0.132. The van der Waals surface area contributed by atoms with Crippen LogP contribution in [0.15, 0.2) is 5.57 Å². The van der Waals surface area contributed by atoms with Gasteiger partial charge >= 0.3 is 11.9 Å². The van der Waals surface area contributed by atoms with E-state index in [2.05, 4.69) is 0 Å². The molecule has 18 heavy (non-hydrogen) atoms. The number of carboxylic acids is 1. The number of aromatic nitrogens is 1. The zero-order chi connectivity index (χ0) is 14.0. The molecule has 0 amide bonds. The molecule has 0 aliphatic heterocycles. The topological polar surface area (TPSA) is 68.5 Å². The van der Waals surface area contributed by atoms with E-state index in [1.54, 1.807) is 6.92 Å². The van der Waals surface area contributed by atoms with Crippen LogP contribution in [0.5, 0.6) is 0 Å². The van der Waals surface area contributed by atoms with Crippen molar-refractivity contribution in [1.82, 2.24) is 4.57 Å². The largest absolute Gasteiger partial charge is 0.478 e. The van der Waals surface area contributed by atoms with Gasteiger partial charge in [-0.2, -0.15) is 0 Å². The Balaban J connectivity index is 3.52. The van der Waals surface area contributed by atoms with Crippen LogP contribution in [0.2, 0.25) is 0 Å².